The maximum absolute atomic E-state index is 12.5. The Kier molecular flexibility index (Phi) is 5.88. The van der Waals surface area contributed by atoms with Crippen LogP contribution in [0.25, 0.3) is 28.0 Å². The number of nitrogens with zero attached hydrogens (tertiary/aromatic N) is 6. The number of aromatic hydroxyl groups is 1. The normalized spacial score (nSPS) is 11.4. The molecule has 34 heavy (non-hydrogen) atoms. The molecule has 2 aromatic carbocycles. The van der Waals surface area contributed by atoms with Gasteiger partial charge in [0.1, 0.15) is 0 Å². The Bertz CT molecular complexity index is 1490. The van der Waals surface area contributed by atoms with Crippen LogP contribution in [0.2, 0.25) is 0 Å². The highest BCUT2D eigenvalue weighted by Crippen LogP contribution is 2.35. The SMILES string of the molecule is Cc1ccc(-n2c(SCC(=O)N=Nc3c(O)[nH]c4ccccc34)nnc2-c2ccncc2)cc1. The average molecular weight is 470 g/mol. The van der Waals surface area contributed by atoms with Gasteiger partial charge in [-0.1, -0.05) is 47.7 Å². The molecule has 0 saturated heterocycles. The van der Waals surface area contributed by atoms with E-state index in [1.807, 2.05) is 66.1 Å². The van der Waals surface area contributed by atoms with Gasteiger partial charge in [0.05, 0.1) is 11.3 Å². The van der Waals surface area contributed by atoms with Crippen LogP contribution in [0.4, 0.5) is 5.69 Å². The smallest absolute Gasteiger partial charge is 0.275 e. The summed E-state index contributed by atoms with van der Waals surface area (Å²) < 4.78 is 1.90. The van der Waals surface area contributed by atoms with Crippen molar-refractivity contribution in [3.05, 3.63) is 78.6 Å². The van der Waals surface area contributed by atoms with Crippen LogP contribution in [0.5, 0.6) is 5.88 Å². The molecule has 0 spiro atoms. The van der Waals surface area contributed by atoms with Gasteiger partial charge in [-0.25, -0.2) is 0 Å². The molecule has 0 unspecified atom stereocenters. The van der Waals surface area contributed by atoms with Crippen LogP contribution in [-0.4, -0.2) is 41.5 Å². The van der Waals surface area contributed by atoms with E-state index in [1.54, 1.807) is 18.5 Å². The van der Waals surface area contributed by atoms with E-state index in [-0.39, 0.29) is 17.3 Å². The van der Waals surface area contributed by atoms with Gasteiger partial charge in [-0.3, -0.25) is 14.3 Å². The number of carbonyl (C=O) groups excluding carboxylic acids is 1. The summed E-state index contributed by atoms with van der Waals surface area (Å²) in [4.78, 5) is 19.4. The van der Waals surface area contributed by atoms with Crippen molar-refractivity contribution in [2.75, 3.05) is 5.75 Å². The summed E-state index contributed by atoms with van der Waals surface area (Å²) in [7, 11) is 0. The largest absolute Gasteiger partial charge is 0.493 e. The van der Waals surface area contributed by atoms with Crippen molar-refractivity contribution in [1.29, 1.82) is 0 Å². The van der Waals surface area contributed by atoms with Gasteiger partial charge in [-0.15, -0.1) is 20.4 Å². The van der Waals surface area contributed by atoms with E-state index in [2.05, 4.69) is 30.4 Å². The number of para-hydroxylation sites is 1. The zero-order chi connectivity index (χ0) is 23.5. The molecule has 0 aliphatic heterocycles. The fraction of sp³-hybridized carbons (Fsp3) is 0.0833. The molecule has 0 aliphatic carbocycles. The zero-order valence-electron chi connectivity index (χ0n) is 18.1. The first-order valence-electron chi connectivity index (χ1n) is 10.4. The molecular formula is C24H19N7O2S. The van der Waals surface area contributed by atoms with E-state index < -0.39 is 5.91 Å². The fourth-order valence-electron chi connectivity index (χ4n) is 3.45. The number of fused-ring (bicyclic) bond motifs is 1. The minimum atomic E-state index is -0.460. The van der Waals surface area contributed by atoms with Crippen molar-refractivity contribution < 1.29 is 9.90 Å². The standard InChI is InChI=1S/C24H19N7O2S/c1-15-6-8-17(9-7-15)31-22(16-10-12-25-13-11-16)29-30-24(31)34-14-20(32)27-28-21-18-4-2-3-5-19(18)26-23(21)33/h2-13,26,33H,14H2,1H3. The number of aromatic amines is 1. The number of aryl methyl sites for hydroxylation is 1. The van der Waals surface area contributed by atoms with Crippen LogP contribution in [0, 0.1) is 6.92 Å². The number of H-pyrrole nitrogens is 1. The summed E-state index contributed by atoms with van der Waals surface area (Å²) in [6.45, 7) is 2.02. The molecule has 0 atom stereocenters. The summed E-state index contributed by atoms with van der Waals surface area (Å²) in [6.07, 6.45) is 3.39. The molecule has 0 aliphatic rings. The summed E-state index contributed by atoms with van der Waals surface area (Å²) in [5, 5.41) is 27.8. The van der Waals surface area contributed by atoms with Gasteiger partial charge >= 0.3 is 0 Å². The van der Waals surface area contributed by atoms with Crippen molar-refractivity contribution in [2.45, 2.75) is 12.1 Å². The average Bonchev–Trinajstić information content (AvgIpc) is 3.42. The topological polar surface area (TPSA) is 121 Å². The highest BCUT2D eigenvalue weighted by Gasteiger charge is 2.17. The number of nitrogens with one attached hydrogen (secondary N) is 1. The fourth-order valence-corrected chi connectivity index (χ4v) is 4.18. The number of rotatable bonds is 6. The number of pyridine rings is 1. The van der Waals surface area contributed by atoms with Crippen molar-refractivity contribution in [3.8, 4) is 23.0 Å². The Morgan fingerprint density at radius 2 is 1.82 bits per heavy atom. The van der Waals surface area contributed by atoms with Crippen LogP contribution in [0.3, 0.4) is 0 Å². The quantitative estimate of drug-likeness (QED) is 0.259. The lowest BCUT2D eigenvalue weighted by Gasteiger charge is -2.10. The first kappa shape index (κ1) is 21.5. The highest BCUT2D eigenvalue weighted by atomic mass is 32.2. The monoisotopic (exact) mass is 469 g/mol. The Morgan fingerprint density at radius 3 is 2.62 bits per heavy atom. The van der Waals surface area contributed by atoms with Gasteiger partial charge in [-0.05, 0) is 37.3 Å². The van der Waals surface area contributed by atoms with E-state index >= 15 is 0 Å². The molecule has 3 aromatic heterocycles. The third-order valence-corrected chi connectivity index (χ3v) is 6.02. The molecule has 0 radical (unpaired) electrons. The maximum Gasteiger partial charge on any atom is 0.275 e. The minimum Gasteiger partial charge on any atom is -0.493 e. The summed E-state index contributed by atoms with van der Waals surface area (Å²) >= 11 is 1.21. The summed E-state index contributed by atoms with van der Waals surface area (Å²) in [6, 6.07) is 19.0. The van der Waals surface area contributed by atoms with Crippen LogP contribution in [0.15, 0.2) is 88.4 Å². The predicted molar refractivity (Wildman–Crippen MR) is 130 cm³/mol. The van der Waals surface area contributed by atoms with Gasteiger partial charge in [-0.2, -0.15) is 0 Å². The molecule has 10 heteroatoms. The van der Waals surface area contributed by atoms with E-state index in [9.17, 15) is 9.90 Å². The van der Waals surface area contributed by atoms with Gasteiger partial charge in [0.25, 0.3) is 5.91 Å². The minimum absolute atomic E-state index is 0.00690. The van der Waals surface area contributed by atoms with E-state index in [0.29, 0.717) is 21.9 Å². The maximum atomic E-state index is 12.5. The molecule has 0 bridgehead atoms. The lowest BCUT2D eigenvalue weighted by Crippen LogP contribution is -2.02. The number of hydrogen-bond donors (Lipinski definition) is 2. The van der Waals surface area contributed by atoms with Gasteiger partial charge in [0.15, 0.2) is 16.7 Å². The molecule has 5 rings (SSSR count). The van der Waals surface area contributed by atoms with Crippen LogP contribution in [-0.2, 0) is 4.79 Å². The summed E-state index contributed by atoms with van der Waals surface area (Å²) in [5.41, 5.74) is 3.81. The number of benzene rings is 2. The first-order valence-corrected chi connectivity index (χ1v) is 11.4. The zero-order valence-corrected chi connectivity index (χ0v) is 18.9. The number of hydrogen-bond acceptors (Lipinski definition) is 7. The lowest BCUT2D eigenvalue weighted by atomic mass is 10.2. The predicted octanol–water partition coefficient (Wildman–Crippen LogP) is 5.23. The molecule has 168 valence electrons. The Hall–Kier alpha value is -4.31. The van der Waals surface area contributed by atoms with Crippen molar-refractivity contribution in [2.24, 2.45) is 10.2 Å². The molecule has 1 amide bonds. The number of aromatic nitrogens is 5. The van der Waals surface area contributed by atoms with Gasteiger partial charge in [0, 0.05) is 29.0 Å². The highest BCUT2D eigenvalue weighted by molar-refractivity contribution is 7.99. The molecule has 3 heterocycles. The molecule has 2 N–H and O–H groups in total. The Labute approximate surface area is 198 Å². The van der Waals surface area contributed by atoms with Crippen molar-refractivity contribution in [1.82, 2.24) is 24.7 Å². The molecular weight excluding hydrogens is 450 g/mol. The Morgan fingerprint density at radius 1 is 1.06 bits per heavy atom. The van der Waals surface area contributed by atoms with Crippen LogP contribution in [0.1, 0.15) is 5.56 Å². The first-order chi connectivity index (χ1) is 16.6. The second-order valence-electron chi connectivity index (χ2n) is 7.46. The van der Waals surface area contributed by atoms with E-state index in [1.165, 1.54) is 11.8 Å². The van der Waals surface area contributed by atoms with Gasteiger partial charge < -0.3 is 10.1 Å². The molecule has 9 nitrogen and oxygen atoms in total. The molecule has 5 aromatic rings. The molecule has 0 fully saturated rings. The Balaban J connectivity index is 1.39. The van der Waals surface area contributed by atoms with E-state index in [0.717, 1.165) is 16.8 Å². The second-order valence-corrected chi connectivity index (χ2v) is 8.41. The second kappa shape index (κ2) is 9.28. The van der Waals surface area contributed by atoms with E-state index in [4.69, 9.17) is 0 Å². The number of amides is 1. The third kappa shape index (κ3) is 4.30. The van der Waals surface area contributed by atoms with Gasteiger partial charge in [0.2, 0.25) is 5.88 Å². The van der Waals surface area contributed by atoms with Crippen LogP contribution < -0.4 is 0 Å². The lowest BCUT2D eigenvalue weighted by molar-refractivity contribution is -0.115. The number of carbonyl (C=O) groups is 1. The third-order valence-electron chi connectivity index (χ3n) is 5.11. The molecule has 0 saturated carbocycles. The van der Waals surface area contributed by atoms with Crippen LogP contribution >= 0.6 is 11.8 Å². The number of azo groups is 1. The van der Waals surface area contributed by atoms with Crippen molar-refractivity contribution in [3.63, 3.8) is 0 Å². The van der Waals surface area contributed by atoms with Crippen molar-refractivity contribution >= 4 is 34.3 Å². The summed E-state index contributed by atoms with van der Waals surface area (Å²) in [5.74, 6) is 0.0594. The number of thioether (sulfide) groups is 1.